The zero-order valence-corrected chi connectivity index (χ0v) is 22.7. The van der Waals surface area contributed by atoms with Crippen LogP contribution in [0.3, 0.4) is 0 Å². The lowest BCUT2D eigenvalue weighted by Crippen LogP contribution is -2.37. The van der Waals surface area contributed by atoms with Crippen molar-refractivity contribution in [3.63, 3.8) is 0 Å². The molecule has 2 amide bonds. The number of nitrogens with one attached hydrogen (secondary N) is 2. The Labute approximate surface area is 237 Å². The second-order valence-electron chi connectivity index (χ2n) is 10.3. The van der Waals surface area contributed by atoms with Crippen molar-refractivity contribution in [2.45, 2.75) is 32.4 Å². The van der Waals surface area contributed by atoms with Gasteiger partial charge in [-0.15, -0.1) is 0 Å². The number of amides is 2. The molecule has 0 unspecified atom stereocenters. The third-order valence-electron chi connectivity index (χ3n) is 7.35. The lowest BCUT2D eigenvalue weighted by Gasteiger charge is -2.32. The number of benzene rings is 3. The summed E-state index contributed by atoms with van der Waals surface area (Å²) < 4.78 is 7.68. The predicted molar refractivity (Wildman–Crippen MR) is 156 cm³/mol. The Kier molecular flexibility index (Phi) is 7.22. The Balaban J connectivity index is 1.11. The van der Waals surface area contributed by atoms with E-state index in [1.165, 1.54) is 16.5 Å². The molecule has 2 aromatic heterocycles. The number of imidazole rings is 2. The SMILES string of the molecule is Cc1cc(OC2CCN(Cc3ccccc3)CC2)ccc1NC(=O)c1ncn(-c2nc3ccccc3[nH]2)c1C(N)=O. The normalized spacial score (nSPS) is 14.3. The van der Waals surface area contributed by atoms with Gasteiger partial charge in [0.15, 0.2) is 5.69 Å². The highest BCUT2D eigenvalue weighted by Gasteiger charge is 2.25. The number of carbonyl (C=O) groups excluding carboxylic acids is 2. The number of aromatic amines is 1. The van der Waals surface area contributed by atoms with Gasteiger partial charge in [0.2, 0.25) is 5.95 Å². The van der Waals surface area contributed by atoms with E-state index in [9.17, 15) is 9.59 Å². The smallest absolute Gasteiger partial charge is 0.276 e. The van der Waals surface area contributed by atoms with E-state index >= 15 is 0 Å². The van der Waals surface area contributed by atoms with Crippen LogP contribution in [0.1, 0.15) is 44.9 Å². The highest BCUT2D eigenvalue weighted by atomic mass is 16.5. The average Bonchev–Trinajstić information content (AvgIpc) is 3.61. The Bertz CT molecular complexity index is 1670. The van der Waals surface area contributed by atoms with Crippen molar-refractivity contribution in [2.75, 3.05) is 18.4 Å². The predicted octanol–water partition coefficient (Wildman–Crippen LogP) is 4.45. The lowest BCUT2D eigenvalue weighted by atomic mass is 10.1. The monoisotopic (exact) mass is 549 g/mol. The Morgan fingerprint density at radius 3 is 2.54 bits per heavy atom. The number of nitrogens with two attached hydrogens (primary N) is 1. The molecule has 1 fully saturated rings. The fourth-order valence-corrected chi connectivity index (χ4v) is 5.21. The van der Waals surface area contributed by atoms with Crippen LogP contribution < -0.4 is 15.8 Å². The summed E-state index contributed by atoms with van der Waals surface area (Å²) >= 11 is 0. The number of H-pyrrole nitrogens is 1. The van der Waals surface area contributed by atoms with Gasteiger partial charge >= 0.3 is 0 Å². The van der Waals surface area contributed by atoms with Crippen LogP contribution in [0.5, 0.6) is 5.75 Å². The fourth-order valence-electron chi connectivity index (χ4n) is 5.21. The van der Waals surface area contributed by atoms with E-state index in [1.54, 1.807) is 6.07 Å². The van der Waals surface area contributed by atoms with Gasteiger partial charge in [-0.25, -0.2) is 9.97 Å². The number of hydrogen-bond donors (Lipinski definition) is 3. The summed E-state index contributed by atoms with van der Waals surface area (Å²) in [6.45, 7) is 4.81. The minimum Gasteiger partial charge on any atom is -0.490 e. The van der Waals surface area contributed by atoms with Crippen molar-refractivity contribution in [1.82, 2.24) is 24.4 Å². The van der Waals surface area contributed by atoms with E-state index in [0.717, 1.165) is 49.3 Å². The van der Waals surface area contributed by atoms with Crippen molar-refractivity contribution in [2.24, 2.45) is 5.73 Å². The van der Waals surface area contributed by atoms with Crippen LogP contribution >= 0.6 is 0 Å². The van der Waals surface area contributed by atoms with Gasteiger partial charge in [-0.2, -0.15) is 0 Å². The quantitative estimate of drug-likeness (QED) is 0.262. The molecule has 0 spiro atoms. The molecule has 41 heavy (non-hydrogen) atoms. The number of nitrogens with zero attached hydrogens (tertiary/aromatic N) is 4. The first-order valence-electron chi connectivity index (χ1n) is 13.6. The third kappa shape index (κ3) is 5.68. The number of rotatable bonds is 8. The first-order valence-corrected chi connectivity index (χ1v) is 13.6. The van der Waals surface area contributed by atoms with E-state index in [-0.39, 0.29) is 17.5 Å². The number of para-hydroxylation sites is 2. The van der Waals surface area contributed by atoms with Gasteiger partial charge < -0.3 is 20.8 Å². The largest absolute Gasteiger partial charge is 0.490 e. The standard InChI is InChI=1S/C31H31N7O3/c1-20-17-23(41-22-13-15-37(16-14-22)18-21-7-3-2-4-8-21)11-12-24(20)34-30(40)27-28(29(32)39)38(19-33-27)31-35-25-9-5-6-10-26(25)36-31/h2-12,17,19,22H,13-16,18H2,1H3,(H2,32,39)(H,34,40)(H,35,36). The molecule has 4 N–H and O–H groups in total. The van der Waals surface area contributed by atoms with Gasteiger partial charge in [0.25, 0.3) is 11.8 Å². The van der Waals surface area contributed by atoms with Gasteiger partial charge in [0.1, 0.15) is 23.9 Å². The number of fused-ring (bicyclic) bond motifs is 1. The molecule has 0 radical (unpaired) electrons. The van der Waals surface area contributed by atoms with Gasteiger partial charge in [-0.1, -0.05) is 42.5 Å². The molecule has 1 aliphatic heterocycles. The molecule has 0 bridgehead atoms. The first kappa shape index (κ1) is 26.3. The van der Waals surface area contributed by atoms with Crippen molar-refractivity contribution < 1.29 is 14.3 Å². The van der Waals surface area contributed by atoms with Gasteiger partial charge in [0, 0.05) is 25.3 Å². The molecular weight excluding hydrogens is 518 g/mol. The van der Waals surface area contributed by atoms with E-state index in [4.69, 9.17) is 10.5 Å². The van der Waals surface area contributed by atoms with Crippen LogP contribution in [0.15, 0.2) is 79.1 Å². The Morgan fingerprint density at radius 2 is 1.80 bits per heavy atom. The Hall–Kier alpha value is -4.96. The zero-order chi connectivity index (χ0) is 28.3. The molecule has 0 aliphatic carbocycles. The molecule has 0 atom stereocenters. The molecule has 1 aliphatic rings. The number of aromatic nitrogens is 4. The number of hydrogen-bond acceptors (Lipinski definition) is 6. The maximum absolute atomic E-state index is 13.2. The summed E-state index contributed by atoms with van der Waals surface area (Å²) in [4.78, 5) is 39.9. The van der Waals surface area contributed by atoms with Crippen LogP contribution in [-0.2, 0) is 6.54 Å². The van der Waals surface area contributed by atoms with Gasteiger partial charge in [-0.05, 0) is 61.2 Å². The van der Waals surface area contributed by atoms with Crippen LogP contribution in [0.2, 0.25) is 0 Å². The van der Waals surface area contributed by atoms with Crippen molar-refractivity contribution in [3.05, 3.63) is 102 Å². The summed E-state index contributed by atoms with van der Waals surface area (Å²) in [5, 5.41) is 2.86. The topological polar surface area (TPSA) is 131 Å². The maximum Gasteiger partial charge on any atom is 0.276 e. The molecule has 10 nitrogen and oxygen atoms in total. The summed E-state index contributed by atoms with van der Waals surface area (Å²) in [6.07, 6.45) is 3.41. The number of ether oxygens (including phenoxy) is 1. The van der Waals surface area contributed by atoms with Gasteiger partial charge in [0.05, 0.1) is 11.0 Å². The van der Waals surface area contributed by atoms with Crippen LogP contribution in [0.4, 0.5) is 5.69 Å². The van der Waals surface area contributed by atoms with E-state index < -0.39 is 11.8 Å². The summed E-state index contributed by atoms with van der Waals surface area (Å²) in [7, 11) is 0. The molecule has 3 heterocycles. The number of piperidine rings is 1. The molecular formula is C31H31N7O3. The number of primary amides is 1. The summed E-state index contributed by atoms with van der Waals surface area (Å²) in [6, 6.07) is 23.5. The van der Waals surface area contributed by atoms with Crippen molar-refractivity contribution in [3.8, 4) is 11.7 Å². The number of carbonyl (C=O) groups is 2. The molecule has 208 valence electrons. The van der Waals surface area contributed by atoms with Crippen molar-refractivity contribution in [1.29, 1.82) is 0 Å². The summed E-state index contributed by atoms with van der Waals surface area (Å²) in [5.74, 6) is -0.233. The molecule has 3 aromatic carbocycles. The molecule has 1 saturated heterocycles. The molecule has 10 heteroatoms. The number of anilines is 1. The van der Waals surface area contributed by atoms with Crippen molar-refractivity contribution >= 4 is 28.5 Å². The third-order valence-corrected chi connectivity index (χ3v) is 7.35. The molecule has 6 rings (SSSR count). The average molecular weight is 550 g/mol. The highest BCUT2D eigenvalue weighted by Crippen LogP contribution is 2.26. The first-order chi connectivity index (χ1) is 19.9. The number of aryl methyl sites for hydroxylation is 1. The minimum absolute atomic E-state index is 0.0576. The molecule has 5 aromatic rings. The number of likely N-dealkylation sites (tertiary alicyclic amines) is 1. The van der Waals surface area contributed by atoms with Gasteiger partial charge in [-0.3, -0.25) is 19.1 Å². The zero-order valence-electron chi connectivity index (χ0n) is 22.7. The second-order valence-corrected chi connectivity index (χ2v) is 10.3. The van der Waals surface area contributed by atoms with Crippen LogP contribution in [0, 0.1) is 6.92 Å². The minimum atomic E-state index is -0.789. The molecule has 0 saturated carbocycles. The van der Waals surface area contributed by atoms with Crippen LogP contribution in [-0.4, -0.2) is 55.4 Å². The summed E-state index contributed by atoms with van der Waals surface area (Å²) in [5.41, 5.74) is 9.77. The maximum atomic E-state index is 13.2. The highest BCUT2D eigenvalue weighted by molar-refractivity contribution is 6.10. The van der Waals surface area contributed by atoms with E-state index in [2.05, 4.69) is 49.4 Å². The second kappa shape index (κ2) is 11.3. The lowest BCUT2D eigenvalue weighted by molar-refractivity contribution is 0.0967. The van der Waals surface area contributed by atoms with E-state index in [0.29, 0.717) is 17.2 Å². The van der Waals surface area contributed by atoms with E-state index in [1.807, 2.05) is 49.4 Å². The Morgan fingerprint density at radius 1 is 1.05 bits per heavy atom. The van der Waals surface area contributed by atoms with Crippen LogP contribution in [0.25, 0.3) is 17.0 Å². The fraction of sp³-hybridized carbons (Fsp3) is 0.226.